The molecule has 1 heterocycles. The van der Waals surface area contributed by atoms with Crippen LogP contribution in [0.15, 0.2) is 102 Å². The number of carbonyl (C=O) groups excluding carboxylic acids is 2. The van der Waals surface area contributed by atoms with Crippen LogP contribution in [0.4, 0.5) is 5.69 Å². The summed E-state index contributed by atoms with van der Waals surface area (Å²) in [4.78, 5) is 34.0. The number of allylic oxidation sites excluding steroid dienone is 5. The summed E-state index contributed by atoms with van der Waals surface area (Å²) in [5.41, 5.74) is 7.47. The highest BCUT2D eigenvalue weighted by Crippen LogP contribution is 2.47. The molecule has 1 saturated carbocycles. The zero-order valence-electron chi connectivity index (χ0n) is 22.6. The fraction of sp³-hybridized carbons (Fsp3) is 0.206. The number of phenols is 1. The van der Waals surface area contributed by atoms with E-state index in [2.05, 4.69) is 36.0 Å². The van der Waals surface area contributed by atoms with Gasteiger partial charge in [0.15, 0.2) is 5.78 Å². The number of aromatic amines is 1. The predicted octanol–water partition coefficient (Wildman–Crippen LogP) is 7.16. The predicted molar refractivity (Wildman–Crippen MR) is 158 cm³/mol. The molecule has 6 rings (SSSR count). The van der Waals surface area contributed by atoms with Crippen molar-refractivity contribution in [1.82, 2.24) is 9.97 Å². The maximum Gasteiger partial charge on any atom is 0.255 e. The summed E-state index contributed by atoms with van der Waals surface area (Å²) < 4.78 is 0. The summed E-state index contributed by atoms with van der Waals surface area (Å²) in [5.74, 6) is 1.08. The van der Waals surface area contributed by atoms with Crippen LogP contribution in [-0.2, 0) is 11.2 Å². The highest BCUT2D eigenvalue weighted by atomic mass is 16.3. The Morgan fingerprint density at radius 2 is 1.82 bits per heavy atom. The number of H-pyrrole nitrogens is 1. The normalized spacial score (nSPS) is 19.7. The molecular weight excluding hydrogens is 498 g/mol. The molecule has 40 heavy (non-hydrogen) atoms. The van der Waals surface area contributed by atoms with Crippen LogP contribution in [0.2, 0.25) is 0 Å². The minimum absolute atomic E-state index is 0.111. The molecule has 200 valence electrons. The number of amides is 1. The largest absolute Gasteiger partial charge is 0.508 e. The van der Waals surface area contributed by atoms with Gasteiger partial charge in [0.2, 0.25) is 0 Å². The van der Waals surface area contributed by atoms with Crippen LogP contribution in [0, 0.1) is 11.3 Å². The van der Waals surface area contributed by atoms with Crippen LogP contribution in [-0.4, -0.2) is 26.8 Å². The second kappa shape index (κ2) is 9.79. The van der Waals surface area contributed by atoms with Crippen LogP contribution < -0.4 is 5.32 Å². The number of fused-ring (bicyclic) bond motifs is 2. The van der Waals surface area contributed by atoms with Crippen molar-refractivity contribution in [2.45, 2.75) is 33.1 Å². The lowest BCUT2D eigenvalue weighted by Crippen LogP contribution is -2.29. The van der Waals surface area contributed by atoms with Crippen LogP contribution in [0.25, 0.3) is 22.4 Å². The number of anilines is 1. The second-order valence-corrected chi connectivity index (χ2v) is 11.3. The molecule has 1 unspecified atom stereocenters. The fourth-order valence-electron chi connectivity index (χ4n) is 5.69. The van der Waals surface area contributed by atoms with Crippen molar-refractivity contribution in [1.29, 1.82) is 0 Å². The summed E-state index contributed by atoms with van der Waals surface area (Å²) >= 11 is 0. The highest BCUT2D eigenvalue weighted by Gasteiger charge is 2.39. The van der Waals surface area contributed by atoms with E-state index in [1.54, 1.807) is 12.1 Å². The lowest BCUT2D eigenvalue weighted by atomic mass is 9.75. The van der Waals surface area contributed by atoms with Crippen molar-refractivity contribution in [2.24, 2.45) is 11.3 Å². The molecule has 0 spiro atoms. The lowest BCUT2D eigenvalue weighted by molar-refractivity contribution is -0.122. The highest BCUT2D eigenvalue weighted by molar-refractivity contribution is 6.05. The summed E-state index contributed by atoms with van der Waals surface area (Å²) in [6.45, 7) is 8.40. The average molecular weight is 530 g/mol. The van der Waals surface area contributed by atoms with Gasteiger partial charge in [-0.2, -0.15) is 0 Å². The van der Waals surface area contributed by atoms with Crippen LogP contribution in [0.5, 0.6) is 5.75 Å². The first-order valence-corrected chi connectivity index (χ1v) is 13.5. The van der Waals surface area contributed by atoms with Crippen molar-refractivity contribution < 1.29 is 14.7 Å². The monoisotopic (exact) mass is 529 g/mol. The number of rotatable bonds is 7. The topological polar surface area (TPSA) is 95.1 Å². The first kappa shape index (κ1) is 25.6. The molecule has 1 aromatic heterocycles. The third-order valence-corrected chi connectivity index (χ3v) is 7.75. The van der Waals surface area contributed by atoms with E-state index in [0.717, 1.165) is 40.8 Å². The van der Waals surface area contributed by atoms with Crippen LogP contribution >= 0.6 is 0 Å². The molecule has 3 aromatic carbocycles. The number of hydrogen-bond acceptors (Lipinski definition) is 4. The van der Waals surface area contributed by atoms with E-state index >= 15 is 0 Å². The Morgan fingerprint density at radius 1 is 1.07 bits per heavy atom. The summed E-state index contributed by atoms with van der Waals surface area (Å²) in [7, 11) is 0. The Labute approximate surface area is 233 Å². The molecule has 6 heteroatoms. The van der Waals surface area contributed by atoms with E-state index in [9.17, 15) is 14.7 Å². The number of nitrogens with zero attached hydrogens (tertiary/aromatic N) is 1. The average Bonchev–Trinajstić information content (AvgIpc) is 3.51. The van der Waals surface area contributed by atoms with Gasteiger partial charge in [0.25, 0.3) is 5.91 Å². The Bertz CT molecular complexity index is 1720. The van der Waals surface area contributed by atoms with Gasteiger partial charge in [-0.15, -0.1) is 0 Å². The molecule has 1 amide bonds. The zero-order valence-corrected chi connectivity index (χ0v) is 22.6. The summed E-state index contributed by atoms with van der Waals surface area (Å²) in [5, 5.41) is 12.3. The van der Waals surface area contributed by atoms with E-state index in [1.165, 1.54) is 23.3 Å². The van der Waals surface area contributed by atoms with Crippen LogP contribution in [0.3, 0.4) is 0 Å². The first-order chi connectivity index (χ1) is 19.2. The number of aromatic hydroxyl groups is 1. The SMILES string of the molecule is C=C(Cc1ccc(-c2nc3ccc(NC(=O)c4ccc(O)cc4)cc3[nH]2)cc1)C(=O)C1(C)C=C2CC2=C[C@H](C)C1. The molecule has 4 aromatic rings. The molecule has 2 aliphatic carbocycles. The smallest absolute Gasteiger partial charge is 0.255 e. The Balaban J connectivity index is 1.13. The van der Waals surface area contributed by atoms with Crippen molar-refractivity contribution >= 4 is 28.4 Å². The van der Waals surface area contributed by atoms with Gasteiger partial charge in [-0.25, -0.2) is 4.98 Å². The third kappa shape index (κ3) is 5.13. The third-order valence-electron chi connectivity index (χ3n) is 7.75. The molecule has 0 radical (unpaired) electrons. The van der Waals surface area contributed by atoms with Gasteiger partial charge < -0.3 is 15.4 Å². The van der Waals surface area contributed by atoms with E-state index < -0.39 is 5.41 Å². The first-order valence-electron chi connectivity index (χ1n) is 13.5. The van der Waals surface area contributed by atoms with Gasteiger partial charge in [0.05, 0.1) is 11.0 Å². The number of phenolic OH excluding ortho intramolecular Hbond substituents is 1. The molecular formula is C34H31N3O3. The number of Topliss-reactive ketones (excluding diaryl/α,β-unsaturated/α-hetero) is 1. The summed E-state index contributed by atoms with van der Waals surface area (Å²) in [6.07, 6.45) is 6.81. The second-order valence-electron chi connectivity index (χ2n) is 11.3. The van der Waals surface area contributed by atoms with Crippen molar-refractivity contribution in [3.8, 4) is 17.1 Å². The molecule has 0 aliphatic heterocycles. The van der Waals surface area contributed by atoms with E-state index in [0.29, 0.717) is 29.2 Å². The van der Waals surface area contributed by atoms with Crippen molar-refractivity contribution in [3.63, 3.8) is 0 Å². The van der Waals surface area contributed by atoms with Gasteiger partial charge in [-0.05, 0) is 90.4 Å². The van der Waals surface area contributed by atoms with E-state index in [-0.39, 0.29) is 17.4 Å². The van der Waals surface area contributed by atoms with Gasteiger partial charge in [0, 0.05) is 28.7 Å². The number of carbonyl (C=O) groups is 2. The standard InChI is InChI=1S/C34H31N3O3/c1-20-14-25-16-26(25)19-34(3,18-20)31(39)21(2)15-22-4-6-23(7-5-22)32-36-29-13-10-27(17-30(29)37-32)35-33(40)24-8-11-28(38)12-9-24/h4-14,17,19-20,38H,2,15-16,18H2,1,3H3,(H,35,40)(H,36,37)/t20-,34?/m0/s1. The molecule has 6 nitrogen and oxygen atoms in total. The Hall–Kier alpha value is -4.71. The number of ketones is 1. The van der Waals surface area contributed by atoms with Gasteiger partial charge >= 0.3 is 0 Å². The number of nitrogens with one attached hydrogen (secondary N) is 2. The maximum absolute atomic E-state index is 13.4. The molecule has 0 bridgehead atoms. The number of aromatic nitrogens is 2. The minimum Gasteiger partial charge on any atom is -0.508 e. The van der Waals surface area contributed by atoms with Crippen molar-refractivity contribution in [2.75, 3.05) is 5.32 Å². The van der Waals surface area contributed by atoms with E-state index in [4.69, 9.17) is 4.98 Å². The maximum atomic E-state index is 13.4. The van der Waals surface area contributed by atoms with Crippen LogP contribution in [0.1, 0.15) is 42.6 Å². The minimum atomic E-state index is -0.503. The molecule has 1 fully saturated rings. The van der Waals surface area contributed by atoms with Gasteiger partial charge in [-0.1, -0.05) is 49.9 Å². The molecule has 2 aliphatic rings. The van der Waals surface area contributed by atoms with E-state index in [1.807, 2.05) is 49.4 Å². The zero-order chi connectivity index (χ0) is 28.0. The Morgan fingerprint density at radius 3 is 2.58 bits per heavy atom. The number of benzene rings is 3. The number of imidazole rings is 1. The quantitative estimate of drug-likeness (QED) is 0.221. The molecule has 3 N–H and O–H groups in total. The van der Waals surface area contributed by atoms with Gasteiger partial charge in [0.1, 0.15) is 11.6 Å². The van der Waals surface area contributed by atoms with Gasteiger partial charge in [-0.3, -0.25) is 9.59 Å². The summed E-state index contributed by atoms with van der Waals surface area (Å²) in [6, 6.07) is 19.6. The molecule has 2 atom stereocenters. The fourth-order valence-corrected chi connectivity index (χ4v) is 5.69. The number of hydrogen-bond donors (Lipinski definition) is 3. The van der Waals surface area contributed by atoms with Crippen molar-refractivity contribution in [3.05, 3.63) is 113 Å². The lowest BCUT2D eigenvalue weighted by Gasteiger charge is -2.27. The Kier molecular flexibility index (Phi) is 6.26. The molecule has 0 saturated heterocycles.